The van der Waals surface area contributed by atoms with Crippen LogP contribution in [0.15, 0.2) is 18.2 Å². The van der Waals surface area contributed by atoms with Gasteiger partial charge in [-0.15, -0.1) is 0 Å². The van der Waals surface area contributed by atoms with Crippen LogP contribution in [0.4, 0.5) is 4.39 Å². The molecule has 1 aromatic carbocycles. The minimum absolute atomic E-state index is 0.140. The summed E-state index contributed by atoms with van der Waals surface area (Å²) < 4.78 is 19.7. The molecule has 5 heteroatoms. The molecule has 4 nitrogen and oxygen atoms in total. The molecule has 1 saturated heterocycles. The lowest BCUT2D eigenvalue weighted by molar-refractivity contribution is -0.0539. The fourth-order valence-electron chi connectivity index (χ4n) is 3.63. The van der Waals surface area contributed by atoms with Gasteiger partial charge in [-0.1, -0.05) is 12.5 Å². The molecule has 0 bridgehead atoms. The highest BCUT2D eigenvalue weighted by Gasteiger charge is 2.37. The van der Waals surface area contributed by atoms with E-state index >= 15 is 0 Å². The lowest BCUT2D eigenvalue weighted by atomic mass is 9.94. The number of aliphatic hydroxyl groups is 1. The van der Waals surface area contributed by atoms with Gasteiger partial charge in [0.25, 0.3) is 0 Å². The van der Waals surface area contributed by atoms with Crippen molar-refractivity contribution in [2.45, 2.75) is 38.0 Å². The highest BCUT2D eigenvalue weighted by molar-refractivity contribution is 5.32. The molecule has 118 valence electrons. The zero-order valence-electron chi connectivity index (χ0n) is 12.5. The van der Waals surface area contributed by atoms with E-state index in [-0.39, 0.29) is 23.9 Å². The summed E-state index contributed by atoms with van der Waals surface area (Å²) in [6.45, 7) is 2.47. The Balaban J connectivity index is 1.75. The van der Waals surface area contributed by atoms with Gasteiger partial charge in [-0.3, -0.25) is 4.90 Å². The summed E-state index contributed by atoms with van der Waals surface area (Å²) in [4.78, 5) is 2.22. The van der Waals surface area contributed by atoms with Crippen molar-refractivity contribution in [1.82, 2.24) is 4.90 Å². The molecule has 1 heterocycles. The zero-order chi connectivity index (χ0) is 15.5. The van der Waals surface area contributed by atoms with Gasteiger partial charge in [-0.25, -0.2) is 4.39 Å². The number of hydrogen-bond donors (Lipinski definition) is 1. The average Bonchev–Trinajstić information content (AvgIpc) is 2.96. The first-order chi connectivity index (χ1) is 10.7. The summed E-state index contributed by atoms with van der Waals surface area (Å²) in [5.74, 6) is -0.127. The fraction of sp³-hybridized carbons (Fsp3) is 0.588. The quantitative estimate of drug-likeness (QED) is 0.928. The van der Waals surface area contributed by atoms with Crippen LogP contribution in [0.5, 0.6) is 0 Å². The topological polar surface area (TPSA) is 56.5 Å². The second kappa shape index (κ2) is 6.74. The molecule has 0 spiro atoms. The van der Waals surface area contributed by atoms with E-state index in [1.807, 2.05) is 6.07 Å². The number of rotatable bonds is 3. The maximum atomic E-state index is 14.1. The molecule has 0 radical (unpaired) electrons. The SMILES string of the molecule is N#Cc1ccc(CN2CCOC[C@@H]2[C@@H]2CCC[C@@H]2O)c(F)c1. The van der Waals surface area contributed by atoms with E-state index in [1.54, 1.807) is 12.1 Å². The summed E-state index contributed by atoms with van der Waals surface area (Å²) >= 11 is 0. The number of morpholine rings is 1. The van der Waals surface area contributed by atoms with Gasteiger partial charge in [0.2, 0.25) is 0 Å². The molecule has 3 rings (SSSR count). The third kappa shape index (κ3) is 3.14. The van der Waals surface area contributed by atoms with Gasteiger partial charge in [-0.2, -0.15) is 5.26 Å². The van der Waals surface area contributed by atoms with Crippen LogP contribution in [0, 0.1) is 23.1 Å². The smallest absolute Gasteiger partial charge is 0.129 e. The molecule has 0 unspecified atom stereocenters. The largest absolute Gasteiger partial charge is 0.393 e. The molecule has 0 amide bonds. The van der Waals surface area contributed by atoms with Crippen LogP contribution in [0.2, 0.25) is 0 Å². The summed E-state index contributed by atoms with van der Waals surface area (Å²) in [6, 6.07) is 6.72. The molecule has 1 aliphatic heterocycles. The predicted molar refractivity (Wildman–Crippen MR) is 79.5 cm³/mol. The van der Waals surface area contributed by atoms with Crippen molar-refractivity contribution >= 4 is 0 Å². The maximum Gasteiger partial charge on any atom is 0.129 e. The third-order valence-electron chi connectivity index (χ3n) is 4.86. The van der Waals surface area contributed by atoms with E-state index in [0.717, 1.165) is 25.8 Å². The van der Waals surface area contributed by atoms with Crippen LogP contribution in [0.1, 0.15) is 30.4 Å². The van der Waals surface area contributed by atoms with Gasteiger partial charge >= 0.3 is 0 Å². The van der Waals surface area contributed by atoms with Crippen LogP contribution >= 0.6 is 0 Å². The summed E-state index contributed by atoms with van der Waals surface area (Å²) in [5, 5.41) is 19.0. The summed E-state index contributed by atoms with van der Waals surface area (Å²) in [6.07, 6.45) is 2.61. The van der Waals surface area contributed by atoms with E-state index in [4.69, 9.17) is 10.00 Å². The van der Waals surface area contributed by atoms with Crippen molar-refractivity contribution in [2.24, 2.45) is 5.92 Å². The first kappa shape index (κ1) is 15.4. The van der Waals surface area contributed by atoms with E-state index < -0.39 is 0 Å². The van der Waals surface area contributed by atoms with Gasteiger partial charge < -0.3 is 9.84 Å². The average molecular weight is 304 g/mol. The summed E-state index contributed by atoms with van der Waals surface area (Å²) in [5.41, 5.74) is 0.935. The fourth-order valence-corrected chi connectivity index (χ4v) is 3.63. The van der Waals surface area contributed by atoms with Gasteiger partial charge in [-0.05, 0) is 25.0 Å². The van der Waals surface area contributed by atoms with Crippen molar-refractivity contribution in [3.05, 3.63) is 35.1 Å². The van der Waals surface area contributed by atoms with E-state index in [0.29, 0.717) is 30.9 Å². The number of benzene rings is 1. The Bertz CT molecular complexity index is 572. The van der Waals surface area contributed by atoms with Gasteiger partial charge in [0.15, 0.2) is 0 Å². The van der Waals surface area contributed by atoms with Crippen molar-refractivity contribution in [2.75, 3.05) is 19.8 Å². The van der Waals surface area contributed by atoms with Crippen LogP contribution < -0.4 is 0 Å². The molecule has 1 N–H and O–H groups in total. The van der Waals surface area contributed by atoms with Crippen LogP contribution in [0.25, 0.3) is 0 Å². The third-order valence-corrected chi connectivity index (χ3v) is 4.86. The van der Waals surface area contributed by atoms with Crippen molar-refractivity contribution in [1.29, 1.82) is 5.26 Å². The molecule has 1 aliphatic carbocycles. The van der Waals surface area contributed by atoms with Gasteiger partial charge in [0.05, 0.1) is 31.0 Å². The highest BCUT2D eigenvalue weighted by Crippen LogP contribution is 2.33. The Morgan fingerprint density at radius 2 is 2.27 bits per heavy atom. The second-order valence-corrected chi connectivity index (χ2v) is 6.19. The Morgan fingerprint density at radius 1 is 1.41 bits per heavy atom. The maximum absolute atomic E-state index is 14.1. The molecule has 2 aliphatic rings. The first-order valence-electron chi connectivity index (χ1n) is 7.87. The second-order valence-electron chi connectivity index (χ2n) is 6.19. The van der Waals surface area contributed by atoms with E-state index in [1.165, 1.54) is 6.07 Å². The number of aliphatic hydroxyl groups excluding tert-OH is 1. The Kier molecular flexibility index (Phi) is 4.72. The molecule has 2 fully saturated rings. The van der Waals surface area contributed by atoms with E-state index in [2.05, 4.69) is 4.90 Å². The van der Waals surface area contributed by atoms with Crippen LogP contribution in [0.3, 0.4) is 0 Å². The Morgan fingerprint density at radius 3 is 2.95 bits per heavy atom. The molecule has 1 aromatic rings. The minimum atomic E-state index is -0.337. The van der Waals surface area contributed by atoms with Crippen molar-refractivity contribution in [3.63, 3.8) is 0 Å². The van der Waals surface area contributed by atoms with Crippen LogP contribution in [-0.4, -0.2) is 41.9 Å². The number of nitrogens with zero attached hydrogens (tertiary/aromatic N) is 2. The predicted octanol–water partition coefficient (Wildman–Crippen LogP) is 2.06. The number of hydrogen-bond acceptors (Lipinski definition) is 4. The van der Waals surface area contributed by atoms with Crippen molar-refractivity contribution < 1.29 is 14.2 Å². The monoisotopic (exact) mass is 304 g/mol. The van der Waals surface area contributed by atoms with Gasteiger partial charge in [0.1, 0.15) is 5.82 Å². The van der Waals surface area contributed by atoms with Crippen molar-refractivity contribution in [3.8, 4) is 6.07 Å². The molecule has 22 heavy (non-hydrogen) atoms. The number of halogens is 1. The molecule has 1 saturated carbocycles. The number of nitriles is 1. The van der Waals surface area contributed by atoms with Crippen LogP contribution in [-0.2, 0) is 11.3 Å². The molecular weight excluding hydrogens is 283 g/mol. The highest BCUT2D eigenvalue weighted by atomic mass is 19.1. The molecule has 0 aromatic heterocycles. The molecule has 3 atom stereocenters. The molecular formula is C17H21FN2O2. The Hall–Kier alpha value is -1.48. The normalized spacial score (nSPS) is 29.4. The van der Waals surface area contributed by atoms with E-state index in [9.17, 15) is 9.50 Å². The zero-order valence-corrected chi connectivity index (χ0v) is 12.5. The Labute approximate surface area is 130 Å². The standard InChI is InChI=1S/C17H21FN2O2/c18-15-8-12(9-19)4-5-13(15)10-20-6-7-22-11-16(20)14-2-1-3-17(14)21/h4-5,8,14,16-17,21H,1-3,6-7,10-11H2/t14-,16+,17-/m0/s1. The lowest BCUT2D eigenvalue weighted by Crippen LogP contribution is -2.50. The van der Waals surface area contributed by atoms with Gasteiger partial charge in [0, 0.05) is 30.6 Å². The minimum Gasteiger partial charge on any atom is -0.393 e. The summed E-state index contributed by atoms with van der Waals surface area (Å²) in [7, 11) is 0. The number of ether oxygens (including phenoxy) is 1. The lowest BCUT2D eigenvalue weighted by Gasteiger charge is -2.40. The first-order valence-corrected chi connectivity index (χ1v) is 7.87.